The van der Waals surface area contributed by atoms with E-state index in [4.69, 9.17) is 0 Å². The molecule has 6 nitrogen and oxygen atoms in total. The number of hydrogen-bond donors (Lipinski definition) is 2. The maximum atomic E-state index is 12.2. The monoisotopic (exact) mass is 300 g/mol. The molecule has 2 amide bonds. The van der Waals surface area contributed by atoms with Gasteiger partial charge in [-0.25, -0.2) is 0 Å². The molecule has 2 unspecified atom stereocenters. The Morgan fingerprint density at radius 1 is 0.773 bits per heavy atom. The van der Waals surface area contributed by atoms with Gasteiger partial charge in [-0.3, -0.25) is 19.2 Å². The number of carbonyl (C=O) groups is 4. The van der Waals surface area contributed by atoms with Gasteiger partial charge in [0.15, 0.2) is 11.6 Å². The van der Waals surface area contributed by atoms with E-state index in [1.807, 2.05) is 0 Å². The van der Waals surface area contributed by atoms with Crippen molar-refractivity contribution in [2.75, 3.05) is 0 Å². The Bertz CT molecular complexity index is 594. The molecule has 0 bridgehead atoms. The van der Waals surface area contributed by atoms with Crippen molar-refractivity contribution in [1.82, 2.24) is 10.6 Å². The zero-order valence-electron chi connectivity index (χ0n) is 11.9. The van der Waals surface area contributed by atoms with Crippen LogP contribution in [0.15, 0.2) is 24.3 Å². The highest BCUT2D eigenvalue weighted by molar-refractivity contribution is 6.06. The smallest absolute Gasteiger partial charge is 0.220 e. The van der Waals surface area contributed by atoms with Gasteiger partial charge in [0.05, 0.1) is 12.1 Å². The largest absolute Gasteiger partial charge is 0.346 e. The van der Waals surface area contributed by atoms with E-state index in [9.17, 15) is 19.2 Å². The first-order valence-corrected chi connectivity index (χ1v) is 7.32. The van der Waals surface area contributed by atoms with Crippen LogP contribution in [0.4, 0.5) is 0 Å². The molecule has 2 atom stereocenters. The summed E-state index contributed by atoms with van der Waals surface area (Å²) in [5.74, 6) is -0.498. The van der Waals surface area contributed by atoms with Crippen LogP contribution in [-0.2, 0) is 9.59 Å². The second-order valence-electron chi connectivity index (χ2n) is 5.62. The molecule has 1 aromatic rings. The summed E-state index contributed by atoms with van der Waals surface area (Å²) in [4.78, 5) is 46.8. The van der Waals surface area contributed by atoms with Crippen LogP contribution in [0.3, 0.4) is 0 Å². The second-order valence-corrected chi connectivity index (χ2v) is 5.62. The number of benzene rings is 1. The number of carbonyl (C=O) groups excluding carboxylic acids is 4. The summed E-state index contributed by atoms with van der Waals surface area (Å²) in [5.41, 5.74) is 0.943. The van der Waals surface area contributed by atoms with Crippen molar-refractivity contribution < 1.29 is 19.2 Å². The summed E-state index contributed by atoms with van der Waals surface area (Å²) in [6, 6.07) is 5.44. The number of ketones is 2. The van der Waals surface area contributed by atoms with E-state index in [1.54, 1.807) is 24.3 Å². The third-order valence-corrected chi connectivity index (χ3v) is 4.08. The van der Waals surface area contributed by atoms with Gasteiger partial charge in [-0.1, -0.05) is 24.3 Å². The van der Waals surface area contributed by atoms with E-state index in [0.717, 1.165) is 0 Å². The Labute approximate surface area is 127 Å². The standard InChI is InChI=1S/C16H16N2O4/c19-13-7-5-11(17-13)15(21)9-1-2-10(4-3-9)16(22)12-6-8-14(20)18-12/h1-4,11-12H,5-8H2,(H,17,19)(H,18,20). The summed E-state index contributed by atoms with van der Waals surface area (Å²) in [6.07, 6.45) is 1.75. The van der Waals surface area contributed by atoms with Crippen molar-refractivity contribution in [3.8, 4) is 0 Å². The quantitative estimate of drug-likeness (QED) is 0.797. The first kappa shape index (κ1) is 14.4. The van der Waals surface area contributed by atoms with Crippen LogP contribution in [0.5, 0.6) is 0 Å². The van der Waals surface area contributed by atoms with Crippen molar-refractivity contribution >= 4 is 23.4 Å². The maximum absolute atomic E-state index is 12.2. The van der Waals surface area contributed by atoms with Crippen molar-refractivity contribution in [1.29, 1.82) is 0 Å². The predicted molar refractivity (Wildman–Crippen MR) is 77.4 cm³/mol. The van der Waals surface area contributed by atoms with Gasteiger partial charge in [-0.2, -0.15) is 0 Å². The fourth-order valence-corrected chi connectivity index (χ4v) is 2.82. The van der Waals surface area contributed by atoms with Crippen LogP contribution in [0.25, 0.3) is 0 Å². The minimum Gasteiger partial charge on any atom is -0.346 e. The Morgan fingerprint density at radius 2 is 1.14 bits per heavy atom. The molecule has 6 heteroatoms. The van der Waals surface area contributed by atoms with Gasteiger partial charge in [-0.15, -0.1) is 0 Å². The van der Waals surface area contributed by atoms with Gasteiger partial charge in [0, 0.05) is 24.0 Å². The Hall–Kier alpha value is -2.50. The number of amides is 2. The zero-order chi connectivity index (χ0) is 15.7. The highest BCUT2D eigenvalue weighted by Crippen LogP contribution is 2.17. The Morgan fingerprint density at radius 3 is 1.41 bits per heavy atom. The van der Waals surface area contributed by atoms with Crippen LogP contribution >= 0.6 is 0 Å². The Kier molecular flexibility index (Phi) is 3.75. The van der Waals surface area contributed by atoms with Gasteiger partial charge in [0.1, 0.15) is 0 Å². The van der Waals surface area contributed by atoms with Gasteiger partial charge >= 0.3 is 0 Å². The number of nitrogens with one attached hydrogen (secondary N) is 2. The van der Waals surface area contributed by atoms with Gasteiger partial charge in [-0.05, 0) is 12.8 Å². The van der Waals surface area contributed by atoms with E-state index in [1.165, 1.54) is 0 Å². The molecule has 1 aromatic carbocycles. The molecule has 2 saturated heterocycles. The van der Waals surface area contributed by atoms with Crippen LogP contribution in [-0.4, -0.2) is 35.5 Å². The van der Waals surface area contributed by atoms with Crippen LogP contribution in [0, 0.1) is 0 Å². The number of hydrogen-bond acceptors (Lipinski definition) is 4. The summed E-state index contributed by atoms with van der Waals surface area (Å²) in [6.45, 7) is 0. The summed E-state index contributed by atoms with van der Waals surface area (Å²) in [5, 5.41) is 5.27. The van der Waals surface area contributed by atoms with Crippen molar-refractivity contribution in [3.63, 3.8) is 0 Å². The van der Waals surface area contributed by atoms with E-state index in [2.05, 4.69) is 10.6 Å². The third-order valence-electron chi connectivity index (χ3n) is 4.08. The van der Waals surface area contributed by atoms with Crippen LogP contribution in [0.2, 0.25) is 0 Å². The molecule has 3 rings (SSSR count). The van der Waals surface area contributed by atoms with E-state index < -0.39 is 12.1 Å². The van der Waals surface area contributed by atoms with Crippen LogP contribution in [0.1, 0.15) is 46.4 Å². The SMILES string of the molecule is O=C1CCC(C(=O)c2ccc(C(=O)C3CCC(=O)N3)cc2)N1. The molecule has 114 valence electrons. The van der Waals surface area contributed by atoms with E-state index in [0.29, 0.717) is 36.8 Å². The highest BCUT2D eigenvalue weighted by Gasteiger charge is 2.29. The number of Topliss-reactive ketones (excluding diaryl/α,β-unsaturated/α-hetero) is 2. The number of rotatable bonds is 4. The fraction of sp³-hybridized carbons (Fsp3) is 0.375. The molecule has 0 aromatic heterocycles. The fourth-order valence-electron chi connectivity index (χ4n) is 2.82. The lowest BCUT2D eigenvalue weighted by molar-refractivity contribution is -0.120. The highest BCUT2D eigenvalue weighted by atomic mass is 16.2. The molecule has 2 fully saturated rings. The van der Waals surface area contributed by atoms with E-state index >= 15 is 0 Å². The molecular weight excluding hydrogens is 284 g/mol. The minimum atomic E-state index is -0.469. The first-order valence-electron chi connectivity index (χ1n) is 7.32. The summed E-state index contributed by atoms with van der Waals surface area (Å²) >= 11 is 0. The molecule has 22 heavy (non-hydrogen) atoms. The third kappa shape index (κ3) is 2.77. The normalized spacial score (nSPS) is 24.0. The maximum Gasteiger partial charge on any atom is 0.220 e. The lowest BCUT2D eigenvalue weighted by Crippen LogP contribution is -2.34. The van der Waals surface area contributed by atoms with Crippen molar-refractivity contribution in [3.05, 3.63) is 35.4 Å². The molecule has 0 saturated carbocycles. The predicted octanol–water partition coefficient (Wildman–Crippen LogP) is 0.609. The molecule has 0 aliphatic carbocycles. The zero-order valence-corrected chi connectivity index (χ0v) is 11.9. The van der Waals surface area contributed by atoms with Crippen molar-refractivity contribution in [2.24, 2.45) is 0 Å². The van der Waals surface area contributed by atoms with E-state index in [-0.39, 0.29) is 23.4 Å². The Balaban J connectivity index is 1.70. The average Bonchev–Trinajstić information content (AvgIpc) is 3.14. The second kappa shape index (κ2) is 5.71. The summed E-state index contributed by atoms with van der Waals surface area (Å²) < 4.78 is 0. The average molecular weight is 300 g/mol. The molecule has 2 N–H and O–H groups in total. The minimum absolute atomic E-state index is 0.109. The van der Waals surface area contributed by atoms with Crippen molar-refractivity contribution in [2.45, 2.75) is 37.8 Å². The first-order chi connectivity index (χ1) is 10.5. The molecular formula is C16H16N2O4. The van der Waals surface area contributed by atoms with Gasteiger partial charge in [0.25, 0.3) is 0 Å². The van der Waals surface area contributed by atoms with Gasteiger partial charge < -0.3 is 10.6 Å². The lowest BCUT2D eigenvalue weighted by atomic mass is 9.98. The molecule has 2 aliphatic heterocycles. The van der Waals surface area contributed by atoms with Crippen LogP contribution < -0.4 is 10.6 Å². The molecule has 0 radical (unpaired) electrons. The van der Waals surface area contributed by atoms with Gasteiger partial charge in [0.2, 0.25) is 11.8 Å². The molecule has 0 spiro atoms. The lowest BCUT2D eigenvalue weighted by Gasteiger charge is -2.11. The summed E-state index contributed by atoms with van der Waals surface area (Å²) in [7, 11) is 0. The topological polar surface area (TPSA) is 92.3 Å². The molecule has 2 heterocycles. The molecule has 2 aliphatic rings.